The SMILES string of the molecule is CCC/C(=C\C(=O)O)c1cc(C)c(C)cc1OC. The van der Waals surface area contributed by atoms with Gasteiger partial charge in [0.2, 0.25) is 0 Å². The van der Waals surface area contributed by atoms with Gasteiger partial charge in [-0.1, -0.05) is 13.3 Å². The van der Waals surface area contributed by atoms with Crippen LogP contribution in [0.15, 0.2) is 18.2 Å². The van der Waals surface area contributed by atoms with E-state index in [9.17, 15) is 4.79 Å². The highest BCUT2D eigenvalue weighted by Gasteiger charge is 2.11. The molecule has 0 amide bonds. The van der Waals surface area contributed by atoms with Crippen LogP contribution in [-0.2, 0) is 4.79 Å². The quantitative estimate of drug-likeness (QED) is 0.810. The minimum Gasteiger partial charge on any atom is -0.496 e. The van der Waals surface area contributed by atoms with Crippen molar-refractivity contribution in [3.05, 3.63) is 34.9 Å². The standard InChI is InChI=1S/C15H20O3/c1-5-6-12(9-15(16)17)13-7-10(2)11(3)8-14(13)18-4/h7-9H,5-6H2,1-4H3,(H,16,17)/b12-9+. The number of aliphatic carboxylic acids is 1. The maximum absolute atomic E-state index is 10.9. The molecule has 3 heteroatoms. The molecular weight excluding hydrogens is 228 g/mol. The van der Waals surface area contributed by atoms with Crippen LogP contribution in [0.3, 0.4) is 0 Å². The first-order valence-electron chi connectivity index (χ1n) is 6.08. The van der Waals surface area contributed by atoms with E-state index in [1.54, 1.807) is 7.11 Å². The fraction of sp³-hybridized carbons (Fsp3) is 0.400. The summed E-state index contributed by atoms with van der Waals surface area (Å²) in [4.78, 5) is 10.9. The molecule has 0 atom stereocenters. The van der Waals surface area contributed by atoms with Gasteiger partial charge in [-0.2, -0.15) is 0 Å². The predicted molar refractivity (Wildman–Crippen MR) is 73.0 cm³/mol. The van der Waals surface area contributed by atoms with Gasteiger partial charge in [-0.25, -0.2) is 4.79 Å². The zero-order valence-corrected chi connectivity index (χ0v) is 11.4. The van der Waals surface area contributed by atoms with E-state index in [4.69, 9.17) is 9.84 Å². The number of methoxy groups -OCH3 is 1. The van der Waals surface area contributed by atoms with E-state index in [0.717, 1.165) is 40.9 Å². The third kappa shape index (κ3) is 3.36. The van der Waals surface area contributed by atoms with Crippen LogP contribution < -0.4 is 4.74 Å². The lowest BCUT2D eigenvalue weighted by Gasteiger charge is -2.14. The lowest BCUT2D eigenvalue weighted by molar-refractivity contribution is -0.131. The molecule has 0 saturated heterocycles. The van der Waals surface area contributed by atoms with Crippen LogP contribution in [0.2, 0.25) is 0 Å². The third-order valence-corrected chi connectivity index (χ3v) is 2.98. The molecule has 0 spiro atoms. The Kier molecular flexibility index (Phi) is 4.95. The maximum Gasteiger partial charge on any atom is 0.328 e. The van der Waals surface area contributed by atoms with Crippen molar-refractivity contribution in [1.29, 1.82) is 0 Å². The average Bonchev–Trinajstić information content (AvgIpc) is 2.31. The van der Waals surface area contributed by atoms with E-state index in [1.165, 1.54) is 6.08 Å². The van der Waals surface area contributed by atoms with Crippen molar-refractivity contribution in [2.24, 2.45) is 0 Å². The molecule has 0 heterocycles. The zero-order valence-electron chi connectivity index (χ0n) is 11.4. The number of carboxylic acids is 1. The van der Waals surface area contributed by atoms with Gasteiger partial charge in [0, 0.05) is 11.6 Å². The number of hydrogen-bond acceptors (Lipinski definition) is 2. The van der Waals surface area contributed by atoms with Crippen molar-refractivity contribution in [3.8, 4) is 5.75 Å². The maximum atomic E-state index is 10.9. The molecule has 1 aromatic carbocycles. The minimum atomic E-state index is -0.918. The Morgan fingerprint density at radius 3 is 2.44 bits per heavy atom. The van der Waals surface area contributed by atoms with Gasteiger partial charge < -0.3 is 9.84 Å². The Bertz CT molecular complexity index is 473. The average molecular weight is 248 g/mol. The fourth-order valence-electron chi connectivity index (χ4n) is 1.91. The number of carbonyl (C=O) groups is 1. The highest BCUT2D eigenvalue weighted by molar-refractivity contribution is 5.91. The lowest BCUT2D eigenvalue weighted by atomic mass is 9.96. The molecule has 0 fully saturated rings. The first kappa shape index (κ1) is 14.3. The number of allylic oxidation sites excluding steroid dienone is 1. The van der Waals surface area contributed by atoms with E-state index in [2.05, 4.69) is 0 Å². The molecule has 0 saturated carbocycles. The second kappa shape index (κ2) is 6.24. The number of hydrogen-bond donors (Lipinski definition) is 1. The van der Waals surface area contributed by atoms with Crippen LogP contribution in [0.5, 0.6) is 5.75 Å². The molecule has 1 rings (SSSR count). The predicted octanol–water partition coefficient (Wildman–Crippen LogP) is 3.58. The van der Waals surface area contributed by atoms with Gasteiger partial charge in [0.15, 0.2) is 0 Å². The number of rotatable bonds is 5. The van der Waals surface area contributed by atoms with Gasteiger partial charge in [0.1, 0.15) is 5.75 Å². The summed E-state index contributed by atoms with van der Waals surface area (Å²) < 4.78 is 5.36. The molecule has 0 bridgehead atoms. The Labute approximate surface area is 108 Å². The monoisotopic (exact) mass is 248 g/mol. The third-order valence-electron chi connectivity index (χ3n) is 2.98. The summed E-state index contributed by atoms with van der Waals surface area (Å²) in [5, 5.41) is 8.94. The summed E-state index contributed by atoms with van der Waals surface area (Å²) in [6.45, 7) is 6.06. The minimum absolute atomic E-state index is 0.727. The van der Waals surface area contributed by atoms with Gasteiger partial charge in [-0.15, -0.1) is 0 Å². The van der Waals surface area contributed by atoms with Crippen molar-refractivity contribution >= 4 is 11.5 Å². The Balaban J connectivity index is 3.35. The smallest absolute Gasteiger partial charge is 0.328 e. The van der Waals surface area contributed by atoms with Crippen LogP contribution >= 0.6 is 0 Å². The van der Waals surface area contributed by atoms with Crippen molar-refractivity contribution in [3.63, 3.8) is 0 Å². The molecule has 98 valence electrons. The van der Waals surface area contributed by atoms with Gasteiger partial charge >= 0.3 is 5.97 Å². The Morgan fingerprint density at radius 2 is 1.94 bits per heavy atom. The molecule has 0 aliphatic rings. The number of aryl methyl sites for hydroxylation is 2. The molecule has 0 unspecified atom stereocenters. The van der Waals surface area contributed by atoms with E-state index in [-0.39, 0.29) is 0 Å². The molecule has 0 aromatic heterocycles. The highest BCUT2D eigenvalue weighted by atomic mass is 16.5. The molecule has 0 aliphatic heterocycles. The second-order valence-electron chi connectivity index (χ2n) is 4.39. The number of ether oxygens (including phenoxy) is 1. The molecule has 0 radical (unpaired) electrons. The van der Waals surface area contributed by atoms with E-state index >= 15 is 0 Å². The van der Waals surface area contributed by atoms with E-state index in [1.807, 2.05) is 32.9 Å². The first-order chi connectivity index (χ1) is 8.49. The van der Waals surface area contributed by atoms with Gasteiger partial charge in [-0.05, 0) is 49.1 Å². The van der Waals surface area contributed by atoms with Crippen molar-refractivity contribution in [2.75, 3.05) is 7.11 Å². The molecule has 0 aliphatic carbocycles. The molecular formula is C15H20O3. The number of carboxylic acid groups (broad SMARTS) is 1. The molecule has 1 N–H and O–H groups in total. The molecule has 1 aromatic rings. The van der Waals surface area contributed by atoms with Crippen molar-refractivity contribution in [2.45, 2.75) is 33.6 Å². The zero-order chi connectivity index (χ0) is 13.7. The largest absolute Gasteiger partial charge is 0.496 e. The van der Waals surface area contributed by atoms with Gasteiger partial charge in [0.05, 0.1) is 7.11 Å². The highest BCUT2D eigenvalue weighted by Crippen LogP contribution is 2.31. The normalized spacial score (nSPS) is 11.4. The Hall–Kier alpha value is -1.77. The van der Waals surface area contributed by atoms with Crippen LogP contribution in [0, 0.1) is 13.8 Å². The van der Waals surface area contributed by atoms with Crippen molar-refractivity contribution in [1.82, 2.24) is 0 Å². The van der Waals surface area contributed by atoms with E-state index in [0.29, 0.717) is 0 Å². The van der Waals surface area contributed by atoms with Crippen LogP contribution in [0.1, 0.15) is 36.5 Å². The molecule has 3 nitrogen and oxygen atoms in total. The van der Waals surface area contributed by atoms with Crippen molar-refractivity contribution < 1.29 is 14.6 Å². The van der Waals surface area contributed by atoms with Crippen LogP contribution in [0.4, 0.5) is 0 Å². The van der Waals surface area contributed by atoms with Crippen LogP contribution in [0.25, 0.3) is 5.57 Å². The second-order valence-corrected chi connectivity index (χ2v) is 4.39. The lowest BCUT2D eigenvalue weighted by Crippen LogP contribution is -1.98. The summed E-state index contributed by atoms with van der Waals surface area (Å²) in [5.74, 6) is -0.183. The first-order valence-corrected chi connectivity index (χ1v) is 6.08. The fourth-order valence-corrected chi connectivity index (χ4v) is 1.91. The summed E-state index contributed by atoms with van der Waals surface area (Å²) in [5.41, 5.74) is 3.97. The summed E-state index contributed by atoms with van der Waals surface area (Å²) >= 11 is 0. The Morgan fingerprint density at radius 1 is 1.33 bits per heavy atom. The van der Waals surface area contributed by atoms with Gasteiger partial charge in [0.25, 0.3) is 0 Å². The van der Waals surface area contributed by atoms with E-state index < -0.39 is 5.97 Å². The molecule has 18 heavy (non-hydrogen) atoms. The van der Waals surface area contributed by atoms with Gasteiger partial charge in [-0.3, -0.25) is 0 Å². The van der Waals surface area contributed by atoms with Crippen LogP contribution in [-0.4, -0.2) is 18.2 Å². The summed E-state index contributed by atoms with van der Waals surface area (Å²) in [7, 11) is 1.61. The number of benzene rings is 1. The summed E-state index contributed by atoms with van der Waals surface area (Å²) in [6, 6.07) is 3.95. The summed E-state index contributed by atoms with van der Waals surface area (Å²) in [6.07, 6.45) is 2.90. The topological polar surface area (TPSA) is 46.5 Å².